The monoisotopic (exact) mass is 352 g/mol. The van der Waals surface area contributed by atoms with E-state index in [1.807, 2.05) is 0 Å². The van der Waals surface area contributed by atoms with Crippen LogP contribution in [0, 0.1) is 0 Å². The highest BCUT2D eigenvalue weighted by Gasteiger charge is 2.38. The summed E-state index contributed by atoms with van der Waals surface area (Å²) in [5.41, 5.74) is 0.549. The smallest absolute Gasteiger partial charge is 0.365 e. The summed E-state index contributed by atoms with van der Waals surface area (Å²) in [6, 6.07) is 9.39. The number of benzene rings is 1. The topological polar surface area (TPSA) is 85.8 Å². The van der Waals surface area contributed by atoms with Crippen LogP contribution in [0.2, 0.25) is 0 Å². The SMILES string of the molecule is O=C(ON1C(=O)c2ccccc2C1=O)c1ccc(OC2CCCC2)nc1. The Balaban J connectivity index is 1.44. The maximum Gasteiger partial charge on any atom is 0.365 e. The fourth-order valence-electron chi connectivity index (χ4n) is 3.13. The van der Waals surface area contributed by atoms with Gasteiger partial charge in [0.05, 0.1) is 16.7 Å². The maximum absolute atomic E-state index is 12.2. The minimum Gasteiger partial charge on any atom is -0.474 e. The molecule has 0 bridgehead atoms. The number of nitrogens with zero attached hydrogens (tertiary/aromatic N) is 2. The third-order valence-electron chi connectivity index (χ3n) is 4.49. The van der Waals surface area contributed by atoms with E-state index in [0.717, 1.165) is 25.7 Å². The molecule has 1 aromatic heterocycles. The fourth-order valence-corrected chi connectivity index (χ4v) is 3.13. The molecule has 1 saturated carbocycles. The van der Waals surface area contributed by atoms with Gasteiger partial charge in [-0.3, -0.25) is 9.59 Å². The fraction of sp³-hybridized carbons (Fsp3) is 0.263. The van der Waals surface area contributed by atoms with E-state index in [4.69, 9.17) is 9.57 Å². The van der Waals surface area contributed by atoms with Gasteiger partial charge in [0.2, 0.25) is 5.88 Å². The van der Waals surface area contributed by atoms with Crippen molar-refractivity contribution in [2.45, 2.75) is 31.8 Å². The summed E-state index contributed by atoms with van der Waals surface area (Å²) in [5.74, 6) is -1.71. The number of ether oxygens (including phenoxy) is 1. The van der Waals surface area contributed by atoms with Crippen molar-refractivity contribution >= 4 is 17.8 Å². The molecule has 0 radical (unpaired) electrons. The van der Waals surface area contributed by atoms with Crippen molar-refractivity contribution in [2.24, 2.45) is 0 Å². The highest BCUT2D eigenvalue weighted by molar-refractivity contribution is 6.21. The Hall–Kier alpha value is -3.22. The largest absolute Gasteiger partial charge is 0.474 e. The zero-order valence-electron chi connectivity index (χ0n) is 13.9. The molecule has 7 nitrogen and oxygen atoms in total. The molecule has 2 aromatic rings. The van der Waals surface area contributed by atoms with Crippen LogP contribution < -0.4 is 4.74 Å². The zero-order valence-corrected chi connectivity index (χ0v) is 13.9. The molecule has 0 spiro atoms. The molecule has 1 aliphatic carbocycles. The van der Waals surface area contributed by atoms with Gasteiger partial charge >= 0.3 is 5.97 Å². The molecule has 1 aromatic carbocycles. The molecule has 0 unspecified atom stereocenters. The number of carbonyl (C=O) groups excluding carboxylic acids is 3. The van der Waals surface area contributed by atoms with Crippen molar-refractivity contribution in [3.8, 4) is 5.88 Å². The Kier molecular flexibility index (Phi) is 4.12. The van der Waals surface area contributed by atoms with Crippen molar-refractivity contribution in [1.82, 2.24) is 10.0 Å². The van der Waals surface area contributed by atoms with Gasteiger partial charge in [0, 0.05) is 12.3 Å². The van der Waals surface area contributed by atoms with Crippen molar-refractivity contribution < 1.29 is 24.0 Å². The lowest BCUT2D eigenvalue weighted by atomic mass is 10.1. The Labute approximate surface area is 149 Å². The zero-order chi connectivity index (χ0) is 18.1. The van der Waals surface area contributed by atoms with Crippen LogP contribution in [0.1, 0.15) is 56.8 Å². The minimum absolute atomic E-state index is 0.125. The number of hydroxylamine groups is 2. The lowest BCUT2D eigenvalue weighted by Crippen LogP contribution is -2.32. The molecule has 0 atom stereocenters. The van der Waals surface area contributed by atoms with Gasteiger partial charge in [-0.2, -0.15) is 0 Å². The second-order valence-electron chi connectivity index (χ2n) is 6.24. The molecule has 2 aliphatic rings. The average molecular weight is 352 g/mol. The first-order valence-corrected chi connectivity index (χ1v) is 8.46. The van der Waals surface area contributed by atoms with Crippen LogP contribution in [0.5, 0.6) is 5.88 Å². The molecule has 132 valence electrons. The third kappa shape index (κ3) is 2.92. The Morgan fingerprint density at radius 1 is 1.00 bits per heavy atom. The summed E-state index contributed by atoms with van der Waals surface area (Å²) in [6.07, 6.45) is 5.78. The van der Waals surface area contributed by atoms with Gasteiger partial charge in [-0.05, 0) is 43.9 Å². The Morgan fingerprint density at radius 2 is 1.65 bits per heavy atom. The third-order valence-corrected chi connectivity index (χ3v) is 4.49. The number of fused-ring (bicyclic) bond motifs is 1. The number of pyridine rings is 1. The lowest BCUT2D eigenvalue weighted by molar-refractivity contribution is -0.0584. The van der Waals surface area contributed by atoms with Crippen LogP contribution in [-0.4, -0.2) is 33.9 Å². The first-order valence-electron chi connectivity index (χ1n) is 8.46. The van der Waals surface area contributed by atoms with E-state index in [0.29, 0.717) is 10.9 Å². The first kappa shape index (κ1) is 16.3. The maximum atomic E-state index is 12.2. The summed E-state index contributed by atoms with van der Waals surface area (Å²) in [5, 5.41) is 0.482. The highest BCUT2D eigenvalue weighted by atomic mass is 16.7. The van der Waals surface area contributed by atoms with Crippen LogP contribution >= 0.6 is 0 Å². The van der Waals surface area contributed by atoms with E-state index in [1.54, 1.807) is 18.2 Å². The predicted octanol–water partition coefficient (Wildman–Crippen LogP) is 2.77. The van der Waals surface area contributed by atoms with Gasteiger partial charge in [-0.25, -0.2) is 9.78 Å². The molecule has 2 heterocycles. The number of hydrogen-bond acceptors (Lipinski definition) is 6. The molecule has 2 amide bonds. The summed E-state index contributed by atoms with van der Waals surface area (Å²) >= 11 is 0. The van der Waals surface area contributed by atoms with Gasteiger partial charge in [-0.15, -0.1) is 0 Å². The van der Waals surface area contributed by atoms with Crippen molar-refractivity contribution in [2.75, 3.05) is 0 Å². The summed E-state index contributed by atoms with van der Waals surface area (Å²) in [4.78, 5) is 45.8. The molecule has 1 aliphatic heterocycles. The number of amides is 2. The van der Waals surface area contributed by atoms with E-state index < -0.39 is 17.8 Å². The van der Waals surface area contributed by atoms with E-state index >= 15 is 0 Å². The number of carbonyl (C=O) groups is 3. The molecular formula is C19H16N2O5. The van der Waals surface area contributed by atoms with Gasteiger partial charge < -0.3 is 9.57 Å². The number of rotatable bonds is 4. The second-order valence-corrected chi connectivity index (χ2v) is 6.24. The molecule has 0 saturated heterocycles. The van der Waals surface area contributed by atoms with E-state index in [-0.39, 0.29) is 22.8 Å². The first-order chi connectivity index (χ1) is 12.6. The summed E-state index contributed by atoms with van der Waals surface area (Å²) in [7, 11) is 0. The van der Waals surface area contributed by atoms with Crippen LogP contribution in [-0.2, 0) is 4.84 Å². The van der Waals surface area contributed by atoms with Gasteiger partial charge in [0.1, 0.15) is 6.10 Å². The summed E-state index contributed by atoms with van der Waals surface area (Å²) < 4.78 is 5.74. The minimum atomic E-state index is -0.834. The molecule has 26 heavy (non-hydrogen) atoms. The van der Waals surface area contributed by atoms with Gasteiger partial charge in [-0.1, -0.05) is 17.2 Å². The lowest BCUT2D eigenvalue weighted by Gasteiger charge is -2.13. The molecule has 4 rings (SSSR count). The van der Waals surface area contributed by atoms with E-state index in [2.05, 4.69) is 4.98 Å². The van der Waals surface area contributed by atoms with Crippen LogP contribution in [0.25, 0.3) is 0 Å². The molecule has 0 N–H and O–H groups in total. The number of hydrogen-bond donors (Lipinski definition) is 0. The summed E-state index contributed by atoms with van der Waals surface area (Å²) in [6.45, 7) is 0. The number of imide groups is 1. The van der Waals surface area contributed by atoms with Crippen LogP contribution in [0.4, 0.5) is 0 Å². The standard InChI is InChI=1S/C19H16N2O5/c22-17-14-7-3-4-8-15(14)18(23)21(17)26-19(24)12-9-10-16(20-11-12)25-13-5-1-2-6-13/h3-4,7-11,13H,1-2,5-6H2. The van der Waals surface area contributed by atoms with E-state index in [1.165, 1.54) is 24.4 Å². The van der Waals surface area contributed by atoms with Crippen LogP contribution in [0.3, 0.4) is 0 Å². The van der Waals surface area contributed by atoms with Crippen LogP contribution in [0.15, 0.2) is 42.6 Å². The molecule has 7 heteroatoms. The predicted molar refractivity (Wildman–Crippen MR) is 89.5 cm³/mol. The Bertz CT molecular complexity index is 837. The highest BCUT2D eigenvalue weighted by Crippen LogP contribution is 2.24. The quantitative estimate of drug-likeness (QED) is 0.787. The van der Waals surface area contributed by atoms with Gasteiger partial charge in [0.15, 0.2) is 0 Å². The normalized spacial score (nSPS) is 16.7. The average Bonchev–Trinajstić information content (AvgIpc) is 3.25. The van der Waals surface area contributed by atoms with E-state index in [9.17, 15) is 14.4 Å². The van der Waals surface area contributed by atoms with Crippen molar-refractivity contribution in [3.05, 3.63) is 59.3 Å². The Morgan fingerprint density at radius 3 is 2.23 bits per heavy atom. The number of aromatic nitrogens is 1. The molecule has 1 fully saturated rings. The van der Waals surface area contributed by atoms with Gasteiger partial charge in [0.25, 0.3) is 11.8 Å². The molecular weight excluding hydrogens is 336 g/mol. The van der Waals surface area contributed by atoms with Crippen molar-refractivity contribution in [1.29, 1.82) is 0 Å². The van der Waals surface area contributed by atoms with Crippen molar-refractivity contribution in [3.63, 3.8) is 0 Å². The second kappa shape index (κ2) is 6.59.